The van der Waals surface area contributed by atoms with Crippen molar-refractivity contribution in [3.63, 3.8) is 0 Å². The third-order valence-corrected chi connectivity index (χ3v) is 4.20. The van der Waals surface area contributed by atoms with Crippen molar-refractivity contribution in [2.45, 2.75) is 26.8 Å². The zero-order valence-corrected chi connectivity index (χ0v) is 13.9. The molecule has 0 aliphatic heterocycles. The van der Waals surface area contributed by atoms with Gasteiger partial charge >= 0.3 is 0 Å². The SMILES string of the molecule is CCc1cccc(C)c1NC(=O)Cn1ccc(=O)c2ccccc21. The van der Waals surface area contributed by atoms with Gasteiger partial charge < -0.3 is 9.88 Å². The van der Waals surface area contributed by atoms with E-state index in [0.717, 1.165) is 28.8 Å². The summed E-state index contributed by atoms with van der Waals surface area (Å²) in [5.74, 6) is -0.104. The second-order valence-electron chi connectivity index (χ2n) is 5.84. The van der Waals surface area contributed by atoms with E-state index in [0.29, 0.717) is 5.39 Å². The molecule has 0 atom stereocenters. The number of hydrogen-bond donors (Lipinski definition) is 1. The van der Waals surface area contributed by atoms with E-state index in [4.69, 9.17) is 0 Å². The Balaban J connectivity index is 1.89. The van der Waals surface area contributed by atoms with Gasteiger partial charge in [0, 0.05) is 23.3 Å². The first-order chi connectivity index (χ1) is 11.6. The second kappa shape index (κ2) is 6.71. The molecule has 3 aromatic rings. The summed E-state index contributed by atoms with van der Waals surface area (Å²) in [6, 6.07) is 14.8. The molecule has 1 heterocycles. The van der Waals surface area contributed by atoms with Gasteiger partial charge in [0.2, 0.25) is 5.91 Å². The smallest absolute Gasteiger partial charge is 0.244 e. The Kier molecular flexibility index (Phi) is 4.47. The molecule has 1 aromatic heterocycles. The fourth-order valence-electron chi connectivity index (χ4n) is 2.93. The molecule has 0 spiro atoms. The van der Waals surface area contributed by atoms with E-state index < -0.39 is 0 Å². The number of nitrogens with zero attached hydrogens (tertiary/aromatic N) is 1. The lowest BCUT2D eigenvalue weighted by Gasteiger charge is -2.15. The van der Waals surface area contributed by atoms with Crippen LogP contribution in [0.4, 0.5) is 5.69 Å². The van der Waals surface area contributed by atoms with E-state index in [-0.39, 0.29) is 17.9 Å². The fourth-order valence-corrected chi connectivity index (χ4v) is 2.93. The molecule has 0 fully saturated rings. The highest BCUT2D eigenvalue weighted by Gasteiger charge is 2.10. The van der Waals surface area contributed by atoms with Crippen molar-refractivity contribution in [3.8, 4) is 0 Å². The molecule has 0 saturated heterocycles. The molecule has 0 bridgehead atoms. The van der Waals surface area contributed by atoms with Gasteiger partial charge in [-0.2, -0.15) is 0 Å². The first-order valence-electron chi connectivity index (χ1n) is 8.06. The highest BCUT2D eigenvalue weighted by atomic mass is 16.2. The number of para-hydroxylation sites is 2. The number of amides is 1. The molecule has 0 aliphatic rings. The zero-order valence-electron chi connectivity index (χ0n) is 13.9. The number of nitrogens with one attached hydrogen (secondary N) is 1. The minimum absolute atomic E-state index is 0.0329. The summed E-state index contributed by atoms with van der Waals surface area (Å²) in [6.45, 7) is 4.22. The van der Waals surface area contributed by atoms with Gasteiger partial charge in [-0.1, -0.05) is 37.3 Å². The average molecular weight is 320 g/mol. The van der Waals surface area contributed by atoms with Crippen LogP contribution in [-0.2, 0) is 17.8 Å². The van der Waals surface area contributed by atoms with E-state index in [1.807, 2.05) is 43.3 Å². The number of hydrogen-bond acceptors (Lipinski definition) is 2. The monoisotopic (exact) mass is 320 g/mol. The number of aromatic nitrogens is 1. The summed E-state index contributed by atoms with van der Waals surface area (Å²) in [7, 11) is 0. The van der Waals surface area contributed by atoms with Gasteiger partial charge in [0.05, 0.1) is 5.52 Å². The van der Waals surface area contributed by atoms with E-state index in [2.05, 4.69) is 12.2 Å². The third kappa shape index (κ3) is 3.08. The first kappa shape index (κ1) is 16.0. The van der Waals surface area contributed by atoms with Gasteiger partial charge in [-0.15, -0.1) is 0 Å². The summed E-state index contributed by atoms with van der Waals surface area (Å²) in [4.78, 5) is 24.4. The Morgan fingerprint density at radius 3 is 2.67 bits per heavy atom. The summed E-state index contributed by atoms with van der Waals surface area (Å²) in [5, 5.41) is 3.64. The Morgan fingerprint density at radius 1 is 1.08 bits per heavy atom. The third-order valence-electron chi connectivity index (χ3n) is 4.20. The molecule has 122 valence electrons. The maximum Gasteiger partial charge on any atom is 0.244 e. The Labute approximate surface area is 140 Å². The topological polar surface area (TPSA) is 51.1 Å². The molecular weight excluding hydrogens is 300 g/mol. The van der Waals surface area contributed by atoms with Crippen LogP contribution in [0.15, 0.2) is 59.5 Å². The van der Waals surface area contributed by atoms with Crippen molar-refractivity contribution in [1.29, 1.82) is 0 Å². The van der Waals surface area contributed by atoms with Crippen LogP contribution in [0.5, 0.6) is 0 Å². The van der Waals surface area contributed by atoms with Crippen LogP contribution in [0.3, 0.4) is 0 Å². The Bertz CT molecular complexity index is 957. The molecule has 4 nitrogen and oxygen atoms in total. The predicted octanol–water partition coefficient (Wildman–Crippen LogP) is 3.51. The Hall–Kier alpha value is -2.88. The van der Waals surface area contributed by atoms with Crippen LogP contribution in [-0.4, -0.2) is 10.5 Å². The molecular formula is C20H20N2O2. The van der Waals surface area contributed by atoms with Crippen LogP contribution >= 0.6 is 0 Å². The summed E-state index contributed by atoms with van der Waals surface area (Å²) in [5.41, 5.74) is 3.78. The molecule has 0 aliphatic carbocycles. The molecule has 0 unspecified atom stereocenters. The molecule has 0 saturated carbocycles. The maximum atomic E-state index is 12.5. The molecule has 1 amide bonds. The molecule has 1 N–H and O–H groups in total. The van der Waals surface area contributed by atoms with E-state index in [1.54, 1.807) is 16.8 Å². The Morgan fingerprint density at radius 2 is 1.88 bits per heavy atom. The van der Waals surface area contributed by atoms with Gasteiger partial charge in [0.15, 0.2) is 5.43 Å². The standard InChI is InChI=1S/C20H20N2O2/c1-3-15-8-6-7-14(2)20(15)21-19(24)13-22-12-11-18(23)16-9-4-5-10-17(16)22/h4-12H,3,13H2,1-2H3,(H,21,24). The lowest BCUT2D eigenvalue weighted by atomic mass is 10.1. The van der Waals surface area contributed by atoms with Gasteiger partial charge in [-0.25, -0.2) is 0 Å². The number of fused-ring (bicyclic) bond motifs is 1. The van der Waals surface area contributed by atoms with Crippen LogP contribution in [0.1, 0.15) is 18.1 Å². The van der Waals surface area contributed by atoms with E-state index in [1.165, 1.54) is 6.07 Å². The lowest BCUT2D eigenvalue weighted by Crippen LogP contribution is -2.21. The van der Waals surface area contributed by atoms with Crippen molar-refractivity contribution in [3.05, 3.63) is 76.1 Å². The van der Waals surface area contributed by atoms with Crippen LogP contribution in [0.2, 0.25) is 0 Å². The second-order valence-corrected chi connectivity index (χ2v) is 5.84. The number of carbonyl (C=O) groups is 1. The number of pyridine rings is 1. The average Bonchev–Trinajstić information content (AvgIpc) is 2.59. The van der Waals surface area contributed by atoms with Crippen molar-refractivity contribution in [2.24, 2.45) is 0 Å². The highest BCUT2D eigenvalue weighted by molar-refractivity contribution is 5.93. The van der Waals surface area contributed by atoms with E-state index in [9.17, 15) is 9.59 Å². The number of anilines is 1. The molecule has 3 rings (SSSR count). The lowest BCUT2D eigenvalue weighted by molar-refractivity contribution is -0.116. The number of rotatable bonds is 4. The van der Waals surface area contributed by atoms with Crippen molar-refractivity contribution < 1.29 is 4.79 Å². The minimum atomic E-state index is -0.104. The number of carbonyl (C=O) groups excluding carboxylic acids is 1. The predicted molar refractivity (Wildman–Crippen MR) is 97.4 cm³/mol. The zero-order chi connectivity index (χ0) is 17.1. The van der Waals surface area contributed by atoms with Crippen LogP contribution in [0.25, 0.3) is 10.9 Å². The molecule has 4 heteroatoms. The van der Waals surface area contributed by atoms with Gasteiger partial charge in [-0.05, 0) is 36.6 Å². The van der Waals surface area contributed by atoms with Gasteiger partial charge in [0.25, 0.3) is 0 Å². The van der Waals surface area contributed by atoms with E-state index >= 15 is 0 Å². The van der Waals surface area contributed by atoms with Crippen molar-refractivity contribution in [2.75, 3.05) is 5.32 Å². The molecule has 2 aromatic carbocycles. The van der Waals surface area contributed by atoms with Crippen LogP contribution < -0.4 is 10.7 Å². The van der Waals surface area contributed by atoms with Gasteiger partial charge in [-0.3, -0.25) is 9.59 Å². The summed E-state index contributed by atoms with van der Waals surface area (Å²) >= 11 is 0. The molecule has 24 heavy (non-hydrogen) atoms. The highest BCUT2D eigenvalue weighted by Crippen LogP contribution is 2.21. The van der Waals surface area contributed by atoms with Crippen molar-refractivity contribution >= 4 is 22.5 Å². The molecule has 0 radical (unpaired) electrons. The quantitative estimate of drug-likeness (QED) is 0.800. The fraction of sp³-hybridized carbons (Fsp3) is 0.200. The maximum absolute atomic E-state index is 12.5. The largest absolute Gasteiger partial charge is 0.338 e. The van der Waals surface area contributed by atoms with Crippen LogP contribution in [0, 0.1) is 6.92 Å². The summed E-state index contributed by atoms with van der Waals surface area (Å²) in [6.07, 6.45) is 2.53. The number of aryl methyl sites for hydroxylation is 2. The summed E-state index contributed by atoms with van der Waals surface area (Å²) < 4.78 is 1.80. The first-order valence-corrected chi connectivity index (χ1v) is 8.06. The van der Waals surface area contributed by atoms with Crippen molar-refractivity contribution in [1.82, 2.24) is 4.57 Å². The number of benzene rings is 2. The minimum Gasteiger partial charge on any atom is -0.338 e. The normalized spacial score (nSPS) is 10.8. The van der Waals surface area contributed by atoms with Gasteiger partial charge in [0.1, 0.15) is 6.54 Å².